The Morgan fingerprint density at radius 3 is 2.63 bits per heavy atom. The van der Waals surface area contributed by atoms with Crippen LogP contribution in [0.15, 0.2) is 6.20 Å². The Balaban J connectivity index is 1.44. The summed E-state index contributed by atoms with van der Waals surface area (Å²) in [6, 6.07) is 0.241. The van der Waals surface area contributed by atoms with E-state index in [0.29, 0.717) is 35.3 Å². The molecule has 1 N–H and O–H groups in total. The zero-order valence-electron chi connectivity index (χ0n) is 17.4. The van der Waals surface area contributed by atoms with E-state index >= 15 is 0 Å². The highest BCUT2D eigenvalue weighted by atomic mass is 16.5. The quantitative estimate of drug-likeness (QED) is 0.836. The highest BCUT2D eigenvalue weighted by molar-refractivity contribution is 5.96. The van der Waals surface area contributed by atoms with Crippen LogP contribution in [0.4, 0.5) is 0 Å². The van der Waals surface area contributed by atoms with Crippen LogP contribution in [0.3, 0.4) is 0 Å². The van der Waals surface area contributed by atoms with Crippen molar-refractivity contribution >= 4 is 5.91 Å². The largest absolute Gasteiger partial charge is 0.477 e. The van der Waals surface area contributed by atoms with Gasteiger partial charge >= 0.3 is 0 Å². The van der Waals surface area contributed by atoms with E-state index in [1.54, 1.807) is 10.9 Å². The van der Waals surface area contributed by atoms with Gasteiger partial charge in [0.2, 0.25) is 5.88 Å². The third-order valence-corrected chi connectivity index (χ3v) is 8.41. The summed E-state index contributed by atoms with van der Waals surface area (Å²) in [5.41, 5.74) is 1.05. The van der Waals surface area contributed by atoms with Gasteiger partial charge < -0.3 is 10.1 Å². The maximum atomic E-state index is 13.1. The van der Waals surface area contributed by atoms with E-state index in [1.807, 2.05) is 7.05 Å². The number of rotatable bonds is 5. The fourth-order valence-electron chi connectivity index (χ4n) is 5.96. The summed E-state index contributed by atoms with van der Waals surface area (Å²) in [7, 11) is 1.86. The lowest BCUT2D eigenvalue weighted by Gasteiger charge is -2.39. The number of aryl methyl sites for hydroxylation is 1. The van der Waals surface area contributed by atoms with E-state index in [-0.39, 0.29) is 17.4 Å². The van der Waals surface area contributed by atoms with Crippen LogP contribution in [0, 0.1) is 22.7 Å². The average Bonchev–Trinajstić information content (AvgIpc) is 3.18. The lowest BCUT2D eigenvalue weighted by atomic mass is 9.69. The lowest BCUT2D eigenvalue weighted by Crippen LogP contribution is -2.46. The van der Waals surface area contributed by atoms with E-state index in [9.17, 15) is 4.79 Å². The molecule has 0 unspecified atom stereocenters. The van der Waals surface area contributed by atoms with Gasteiger partial charge in [-0.2, -0.15) is 5.10 Å². The van der Waals surface area contributed by atoms with Gasteiger partial charge in [0.1, 0.15) is 5.56 Å². The summed E-state index contributed by atoms with van der Waals surface area (Å²) in [5.74, 6) is 1.90. The predicted octanol–water partition coefficient (Wildman–Crippen LogP) is 4.32. The SMILES string of the molecule is Cn1ncc(C(=O)N[C@H]2C[C@@H]3CC[C@@]2(C)C3(C)C)c1OCC1CCCCC1. The van der Waals surface area contributed by atoms with Crippen LogP contribution in [-0.2, 0) is 7.05 Å². The normalized spacial score (nSPS) is 32.6. The second kappa shape index (κ2) is 6.82. The van der Waals surface area contributed by atoms with Crippen molar-refractivity contribution in [3.63, 3.8) is 0 Å². The first-order valence-electron chi connectivity index (χ1n) is 10.8. The Labute approximate surface area is 163 Å². The zero-order chi connectivity index (χ0) is 19.2. The van der Waals surface area contributed by atoms with Crippen molar-refractivity contribution in [3.8, 4) is 5.88 Å². The number of aromatic nitrogens is 2. The van der Waals surface area contributed by atoms with Gasteiger partial charge in [-0.3, -0.25) is 4.79 Å². The summed E-state index contributed by atoms with van der Waals surface area (Å²) < 4.78 is 7.80. The van der Waals surface area contributed by atoms with E-state index in [1.165, 1.54) is 44.9 Å². The molecule has 150 valence electrons. The van der Waals surface area contributed by atoms with Crippen LogP contribution < -0.4 is 10.1 Å². The minimum atomic E-state index is -0.0312. The number of hydrogen-bond acceptors (Lipinski definition) is 3. The van der Waals surface area contributed by atoms with E-state index in [0.717, 1.165) is 6.42 Å². The Bertz CT molecular complexity index is 704. The van der Waals surface area contributed by atoms with Gasteiger partial charge in [0.05, 0.1) is 12.8 Å². The van der Waals surface area contributed by atoms with Gasteiger partial charge in [-0.15, -0.1) is 0 Å². The molecule has 1 heterocycles. The van der Waals surface area contributed by atoms with Crippen LogP contribution in [-0.4, -0.2) is 28.3 Å². The molecule has 1 aromatic rings. The molecule has 3 saturated carbocycles. The molecule has 5 nitrogen and oxygen atoms in total. The minimum Gasteiger partial charge on any atom is -0.477 e. The molecule has 27 heavy (non-hydrogen) atoms. The number of carbonyl (C=O) groups excluding carboxylic acids is 1. The molecule has 3 fully saturated rings. The molecule has 0 saturated heterocycles. The number of amides is 1. The fourth-order valence-corrected chi connectivity index (χ4v) is 5.96. The van der Waals surface area contributed by atoms with Crippen molar-refractivity contribution in [2.24, 2.45) is 29.7 Å². The molecule has 0 spiro atoms. The standard InChI is InChI=1S/C22H35N3O2/c1-21(2)16-10-11-22(21,3)18(12-16)24-19(26)17-13-23-25(4)20(17)27-14-15-8-6-5-7-9-15/h13,15-16,18H,5-12,14H2,1-4H3,(H,24,26)/t16-,18-,22+/m0/s1. The molecule has 4 rings (SSSR count). The van der Waals surface area contributed by atoms with E-state index in [4.69, 9.17) is 4.74 Å². The summed E-state index contributed by atoms with van der Waals surface area (Å²) in [6.45, 7) is 7.80. The van der Waals surface area contributed by atoms with Crippen LogP contribution >= 0.6 is 0 Å². The average molecular weight is 374 g/mol. The third kappa shape index (κ3) is 3.07. The Hall–Kier alpha value is -1.52. The third-order valence-electron chi connectivity index (χ3n) is 8.41. The number of fused-ring (bicyclic) bond motifs is 2. The molecule has 1 aromatic heterocycles. The van der Waals surface area contributed by atoms with Crippen LogP contribution in [0.2, 0.25) is 0 Å². The molecule has 0 aromatic carbocycles. The molecular weight excluding hydrogens is 338 g/mol. The molecular formula is C22H35N3O2. The molecule has 3 atom stereocenters. The molecule has 2 bridgehead atoms. The van der Waals surface area contributed by atoms with Crippen molar-refractivity contribution in [2.75, 3.05) is 6.61 Å². The molecule has 3 aliphatic rings. The summed E-state index contributed by atoms with van der Waals surface area (Å²) in [5, 5.41) is 7.64. The highest BCUT2D eigenvalue weighted by Crippen LogP contribution is 2.65. The van der Waals surface area contributed by atoms with Crippen LogP contribution in [0.25, 0.3) is 0 Å². The first-order chi connectivity index (χ1) is 12.8. The van der Waals surface area contributed by atoms with Crippen molar-refractivity contribution in [3.05, 3.63) is 11.8 Å². The summed E-state index contributed by atoms with van der Waals surface area (Å²) in [4.78, 5) is 13.1. The van der Waals surface area contributed by atoms with Crippen LogP contribution in [0.1, 0.15) is 82.5 Å². The Kier molecular flexibility index (Phi) is 4.76. The predicted molar refractivity (Wildman–Crippen MR) is 106 cm³/mol. The fraction of sp³-hybridized carbons (Fsp3) is 0.818. The van der Waals surface area contributed by atoms with Crippen LogP contribution in [0.5, 0.6) is 5.88 Å². The van der Waals surface area contributed by atoms with Gasteiger partial charge in [0, 0.05) is 13.1 Å². The molecule has 1 amide bonds. The molecule has 5 heteroatoms. The monoisotopic (exact) mass is 373 g/mol. The minimum absolute atomic E-state index is 0.0312. The van der Waals surface area contributed by atoms with Crippen molar-refractivity contribution in [2.45, 2.75) is 78.2 Å². The Morgan fingerprint density at radius 2 is 2.00 bits per heavy atom. The van der Waals surface area contributed by atoms with Gasteiger partial charge in [-0.25, -0.2) is 4.68 Å². The summed E-state index contributed by atoms with van der Waals surface area (Å²) >= 11 is 0. The topological polar surface area (TPSA) is 56.2 Å². The summed E-state index contributed by atoms with van der Waals surface area (Å²) in [6.07, 6.45) is 11.6. The zero-order valence-corrected chi connectivity index (χ0v) is 17.4. The van der Waals surface area contributed by atoms with Crippen molar-refractivity contribution in [1.29, 1.82) is 0 Å². The van der Waals surface area contributed by atoms with Gasteiger partial charge in [0.25, 0.3) is 5.91 Å². The molecule has 0 aliphatic heterocycles. The van der Waals surface area contributed by atoms with Crippen molar-refractivity contribution in [1.82, 2.24) is 15.1 Å². The number of carbonyl (C=O) groups is 1. The number of nitrogens with one attached hydrogen (secondary N) is 1. The molecule has 0 radical (unpaired) electrons. The van der Waals surface area contributed by atoms with Gasteiger partial charge in [-0.1, -0.05) is 40.0 Å². The smallest absolute Gasteiger partial charge is 0.258 e. The van der Waals surface area contributed by atoms with E-state index in [2.05, 4.69) is 31.2 Å². The number of hydrogen-bond donors (Lipinski definition) is 1. The lowest BCUT2D eigenvalue weighted by molar-refractivity contribution is 0.0820. The first kappa shape index (κ1) is 18.8. The number of nitrogens with zero attached hydrogens (tertiary/aromatic N) is 2. The second-order valence-electron chi connectivity index (χ2n) is 9.94. The highest BCUT2D eigenvalue weighted by Gasteiger charge is 2.61. The maximum absolute atomic E-state index is 13.1. The maximum Gasteiger partial charge on any atom is 0.258 e. The first-order valence-corrected chi connectivity index (χ1v) is 10.8. The van der Waals surface area contributed by atoms with E-state index < -0.39 is 0 Å². The number of ether oxygens (including phenoxy) is 1. The van der Waals surface area contributed by atoms with Crippen molar-refractivity contribution < 1.29 is 9.53 Å². The molecule has 3 aliphatic carbocycles. The van der Waals surface area contributed by atoms with Gasteiger partial charge in [-0.05, 0) is 54.8 Å². The van der Waals surface area contributed by atoms with Gasteiger partial charge in [0.15, 0.2) is 0 Å². The second-order valence-corrected chi connectivity index (χ2v) is 9.94. The Morgan fingerprint density at radius 1 is 1.26 bits per heavy atom.